The van der Waals surface area contributed by atoms with Gasteiger partial charge in [-0.3, -0.25) is 4.79 Å². The zero-order valence-electron chi connectivity index (χ0n) is 15.3. The molecule has 4 fully saturated rings. The topological polar surface area (TPSA) is 17.1 Å². The molecular weight excluding hydrogens is 287 g/mol. The smallest absolute Gasteiger partial charge is 0.175 e. The minimum Gasteiger partial charge on any atom is -0.295 e. The van der Waals surface area contributed by atoms with Gasteiger partial charge in [0, 0.05) is 5.41 Å². The van der Waals surface area contributed by atoms with Crippen LogP contribution in [-0.2, 0) is 4.79 Å². The average Bonchev–Trinajstić information content (AvgIpc) is 2.68. The van der Waals surface area contributed by atoms with Crippen molar-refractivity contribution in [3.63, 3.8) is 0 Å². The number of halogens is 1. The van der Waals surface area contributed by atoms with Crippen molar-refractivity contribution in [1.82, 2.24) is 0 Å². The van der Waals surface area contributed by atoms with Crippen LogP contribution >= 0.6 is 0 Å². The maximum atomic E-state index is 14.8. The lowest BCUT2D eigenvalue weighted by Crippen LogP contribution is -2.53. The van der Waals surface area contributed by atoms with Gasteiger partial charge in [0.05, 0.1) is 0 Å². The number of fused-ring (bicyclic) bond motifs is 5. The summed E-state index contributed by atoms with van der Waals surface area (Å²) in [4.78, 5) is 12.7. The Morgan fingerprint density at radius 3 is 2.48 bits per heavy atom. The first kappa shape index (κ1) is 16.1. The predicted molar refractivity (Wildman–Crippen MR) is 90.8 cm³/mol. The van der Waals surface area contributed by atoms with Gasteiger partial charge in [-0.1, -0.05) is 27.2 Å². The van der Waals surface area contributed by atoms with Crippen molar-refractivity contribution < 1.29 is 9.18 Å². The third kappa shape index (κ3) is 2.05. The van der Waals surface area contributed by atoms with Gasteiger partial charge in [-0.05, 0) is 86.9 Å². The van der Waals surface area contributed by atoms with E-state index in [1.165, 1.54) is 32.1 Å². The van der Waals surface area contributed by atoms with Crippen LogP contribution in [0.15, 0.2) is 0 Å². The number of ketones is 1. The lowest BCUT2D eigenvalue weighted by Gasteiger charge is -2.60. The third-order valence-corrected chi connectivity index (χ3v) is 8.91. The molecule has 0 heterocycles. The standard InChI is InChI=1S/C21H33FO/c1-13-7-9-19(2)14(11-13)5-6-15-16(19)8-10-20(3)17(15)12-21(4,22)18(20)23/h13-17H,5-12H2,1-4H3/t13-,14-,15+,16-,17-,19-,20-,21+/m0/s1. The molecule has 2 heteroatoms. The van der Waals surface area contributed by atoms with Gasteiger partial charge in [0.15, 0.2) is 11.5 Å². The Labute approximate surface area is 140 Å². The minimum atomic E-state index is -1.58. The molecule has 8 atom stereocenters. The van der Waals surface area contributed by atoms with E-state index in [0.29, 0.717) is 23.7 Å². The molecule has 0 bridgehead atoms. The molecule has 0 radical (unpaired) electrons. The van der Waals surface area contributed by atoms with Gasteiger partial charge in [-0.15, -0.1) is 0 Å². The summed E-state index contributed by atoms with van der Waals surface area (Å²) in [5, 5.41) is 0. The molecule has 0 aromatic rings. The summed E-state index contributed by atoms with van der Waals surface area (Å²) in [6.07, 6.45) is 9.22. The van der Waals surface area contributed by atoms with E-state index in [1.54, 1.807) is 6.92 Å². The second-order valence-electron chi connectivity index (χ2n) is 10.2. The second-order valence-corrected chi connectivity index (χ2v) is 10.2. The summed E-state index contributed by atoms with van der Waals surface area (Å²) in [6.45, 7) is 8.57. The molecule has 23 heavy (non-hydrogen) atoms. The summed E-state index contributed by atoms with van der Waals surface area (Å²) in [7, 11) is 0. The van der Waals surface area contributed by atoms with E-state index in [1.807, 2.05) is 0 Å². The quantitative estimate of drug-likeness (QED) is 0.570. The van der Waals surface area contributed by atoms with Gasteiger partial charge < -0.3 is 0 Å². The van der Waals surface area contributed by atoms with Gasteiger partial charge in [0.1, 0.15) is 0 Å². The maximum Gasteiger partial charge on any atom is 0.175 e. The van der Waals surface area contributed by atoms with E-state index in [2.05, 4.69) is 20.8 Å². The molecule has 1 nitrogen and oxygen atoms in total. The molecule has 4 rings (SSSR count). The van der Waals surface area contributed by atoms with E-state index in [9.17, 15) is 9.18 Å². The van der Waals surface area contributed by atoms with E-state index >= 15 is 0 Å². The molecule has 0 saturated heterocycles. The van der Waals surface area contributed by atoms with Gasteiger partial charge in [0.2, 0.25) is 0 Å². The number of carbonyl (C=O) groups excluding carboxylic acids is 1. The van der Waals surface area contributed by atoms with Crippen LogP contribution in [0.5, 0.6) is 0 Å². The summed E-state index contributed by atoms with van der Waals surface area (Å²) in [5.74, 6) is 3.27. The van der Waals surface area contributed by atoms with Crippen LogP contribution in [0.4, 0.5) is 4.39 Å². The highest BCUT2D eigenvalue weighted by atomic mass is 19.1. The van der Waals surface area contributed by atoms with Gasteiger partial charge in [-0.25, -0.2) is 4.39 Å². The first-order chi connectivity index (χ1) is 10.7. The highest BCUT2D eigenvalue weighted by molar-refractivity contribution is 5.94. The first-order valence-electron chi connectivity index (χ1n) is 9.92. The van der Waals surface area contributed by atoms with Crippen molar-refractivity contribution >= 4 is 5.78 Å². The van der Waals surface area contributed by atoms with Crippen molar-refractivity contribution in [2.45, 2.75) is 84.7 Å². The molecule has 0 aromatic heterocycles. The number of Topliss-reactive ketones (excluding diaryl/α,β-unsaturated/α-hetero) is 1. The molecule has 0 spiro atoms. The fourth-order valence-corrected chi connectivity index (χ4v) is 7.55. The summed E-state index contributed by atoms with van der Waals surface area (Å²) in [6, 6.07) is 0. The summed E-state index contributed by atoms with van der Waals surface area (Å²) in [5.41, 5.74) is -1.50. The Hall–Kier alpha value is -0.400. The number of hydrogen-bond acceptors (Lipinski definition) is 1. The number of rotatable bonds is 0. The van der Waals surface area contributed by atoms with E-state index in [0.717, 1.165) is 30.6 Å². The molecule has 0 unspecified atom stereocenters. The maximum absolute atomic E-state index is 14.8. The van der Waals surface area contributed by atoms with Crippen molar-refractivity contribution in [3.05, 3.63) is 0 Å². The lowest BCUT2D eigenvalue weighted by molar-refractivity contribution is -0.143. The fraction of sp³-hybridized carbons (Fsp3) is 0.952. The van der Waals surface area contributed by atoms with Crippen LogP contribution in [0, 0.1) is 40.4 Å². The fourth-order valence-electron chi connectivity index (χ4n) is 7.55. The van der Waals surface area contributed by atoms with Gasteiger partial charge in [0.25, 0.3) is 0 Å². The Balaban J connectivity index is 1.66. The molecule has 130 valence electrons. The second kappa shape index (κ2) is 4.82. The van der Waals surface area contributed by atoms with Gasteiger partial charge >= 0.3 is 0 Å². The lowest BCUT2D eigenvalue weighted by atomic mass is 9.45. The van der Waals surface area contributed by atoms with Crippen LogP contribution < -0.4 is 0 Å². The largest absolute Gasteiger partial charge is 0.295 e. The Bertz CT molecular complexity index is 526. The zero-order valence-corrected chi connectivity index (χ0v) is 15.3. The number of carbonyl (C=O) groups is 1. The highest BCUT2D eigenvalue weighted by Gasteiger charge is 2.65. The predicted octanol–water partition coefficient (Wildman–Crippen LogP) is 5.57. The molecule has 0 N–H and O–H groups in total. The third-order valence-electron chi connectivity index (χ3n) is 8.91. The molecule has 4 aliphatic carbocycles. The van der Waals surface area contributed by atoms with E-state index in [-0.39, 0.29) is 11.2 Å². The first-order valence-corrected chi connectivity index (χ1v) is 9.92. The van der Waals surface area contributed by atoms with Crippen molar-refractivity contribution in [3.8, 4) is 0 Å². The van der Waals surface area contributed by atoms with Crippen molar-refractivity contribution in [2.75, 3.05) is 0 Å². The highest BCUT2D eigenvalue weighted by Crippen LogP contribution is 2.67. The Morgan fingerprint density at radius 2 is 1.74 bits per heavy atom. The molecular formula is C21H33FO. The van der Waals surface area contributed by atoms with Crippen LogP contribution in [0.2, 0.25) is 0 Å². The molecule has 4 aliphatic rings. The summed E-state index contributed by atoms with van der Waals surface area (Å²) < 4.78 is 14.8. The van der Waals surface area contributed by atoms with Crippen LogP contribution in [0.1, 0.15) is 79.1 Å². The van der Waals surface area contributed by atoms with Crippen molar-refractivity contribution in [2.24, 2.45) is 40.4 Å². The van der Waals surface area contributed by atoms with Crippen LogP contribution in [-0.4, -0.2) is 11.5 Å². The molecule has 0 amide bonds. The molecule has 0 aromatic carbocycles. The monoisotopic (exact) mass is 320 g/mol. The van der Waals surface area contributed by atoms with Crippen LogP contribution in [0.3, 0.4) is 0 Å². The summed E-state index contributed by atoms with van der Waals surface area (Å²) >= 11 is 0. The normalized spacial score (nSPS) is 59.2. The average molecular weight is 320 g/mol. The number of alkyl halides is 1. The van der Waals surface area contributed by atoms with Crippen LogP contribution in [0.25, 0.3) is 0 Å². The molecule has 0 aliphatic heterocycles. The zero-order chi connectivity index (χ0) is 16.6. The SMILES string of the molecule is C[C@H]1CC[C@@]2(C)[C@@H](CC[C@@H]3[C@@H]2CC[C@]2(C)C(=O)[C@](C)(F)C[C@@H]32)C1. The van der Waals surface area contributed by atoms with E-state index < -0.39 is 5.67 Å². The van der Waals surface area contributed by atoms with Gasteiger partial charge in [-0.2, -0.15) is 0 Å². The minimum absolute atomic E-state index is 0.0852. The van der Waals surface area contributed by atoms with E-state index in [4.69, 9.17) is 0 Å². The Kier molecular flexibility index (Phi) is 3.37. The Morgan fingerprint density at radius 1 is 1.00 bits per heavy atom. The molecule has 4 saturated carbocycles. The van der Waals surface area contributed by atoms with Crippen molar-refractivity contribution in [1.29, 1.82) is 0 Å². The number of hydrogen-bond donors (Lipinski definition) is 0.